The predicted molar refractivity (Wildman–Crippen MR) is 84.0 cm³/mol. The summed E-state index contributed by atoms with van der Waals surface area (Å²) in [6, 6.07) is 11.4. The lowest BCUT2D eigenvalue weighted by Gasteiger charge is -2.05. The van der Waals surface area contributed by atoms with Crippen molar-refractivity contribution in [2.24, 2.45) is 5.10 Å². The number of hydrogen-bond acceptors (Lipinski definition) is 4. The summed E-state index contributed by atoms with van der Waals surface area (Å²) in [5.74, 6) is 0. The zero-order chi connectivity index (χ0) is 15.2. The van der Waals surface area contributed by atoms with Crippen LogP contribution in [0.5, 0.6) is 0 Å². The molecular weight excluding hydrogens is 313 g/mol. The van der Waals surface area contributed by atoms with Crippen molar-refractivity contribution >= 4 is 35.1 Å². The van der Waals surface area contributed by atoms with Crippen LogP contribution in [-0.2, 0) is 6.54 Å². The molecule has 0 atom stereocenters. The molecule has 0 aliphatic rings. The second-order valence-electron chi connectivity index (χ2n) is 4.14. The Morgan fingerprint density at radius 2 is 1.76 bits per heavy atom. The number of nitrogens with one attached hydrogen (secondary N) is 1. The van der Waals surface area contributed by atoms with Gasteiger partial charge in [-0.1, -0.05) is 29.3 Å². The highest BCUT2D eigenvalue weighted by Crippen LogP contribution is 2.23. The first-order valence-electron chi connectivity index (χ1n) is 6.01. The van der Waals surface area contributed by atoms with Crippen LogP contribution in [0.4, 0.5) is 5.69 Å². The largest absolute Gasteiger partial charge is 0.306 e. The SMILES string of the molecule is O=[N+]([O-])c1ccc(/C=N\NCc2c(Cl)cccc2Cl)cc1. The molecule has 0 aliphatic carbocycles. The second kappa shape index (κ2) is 7.06. The number of nitrogens with zero attached hydrogens (tertiary/aromatic N) is 2. The number of non-ortho nitro benzene ring substituents is 1. The van der Waals surface area contributed by atoms with E-state index in [0.717, 1.165) is 11.1 Å². The molecule has 0 unspecified atom stereocenters. The lowest BCUT2D eigenvalue weighted by molar-refractivity contribution is -0.384. The molecule has 108 valence electrons. The number of hydrogen-bond donors (Lipinski definition) is 1. The summed E-state index contributed by atoms with van der Waals surface area (Å²) >= 11 is 12.1. The number of nitro benzene ring substituents is 1. The minimum atomic E-state index is -0.446. The first-order valence-corrected chi connectivity index (χ1v) is 6.77. The van der Waals surface area contributed by atoms with Gasteiger partial charge in [-0.2, -0.15) is 5.10 Å². The summed E-state index contributed by atoms with van der Waals surface area (Å²) in [7, 11) is 0. The molecule has 0 amide bonds. The smallest absolute Gasteiger partial charge is 0.269 e. The van der Waals surface area contributed by atoms with Gasteiger partial charge >= 0.3 is 0 Å². The minimum absolute atomic E-state index is 0.0444. The fourth-order valence-electron chi connectivity index (χ4n) is 1.63. The Morgan fingerprint density at radius 3 is 2.33 bits per heavy atom. The number of halogens is 2. The molecule has 2 aromatic rings. The summed E-state index contributed by atoms with van der Waals surface area (Å²) in [6.45, 7) is 0.391. The van der Waals surface area contributed by atoms with Gasteiger partial charge in [0.1, 0.15) is 0 Å². The van der Waals surface area contributed by atoms with E-state index < -0.39 is 4.92 Å². The van der Waals surface area contributed by atoms with E-state index in [9.17, 15) is 10.1 Å². The van der Waals surface area contributed by atoms with E-state index in [0.29, 0.717) is 16.6 Å². The predicted octanol–water partition coefficient (Wildman–Crippen LogP) is 4.03. The quantitative estimate of drug-likeness (QED) is 0.513. The Morgan fingerprint density at radius 1 is 1.14 bits per heavy atom. The zero-order valence-corrected chi connectivity index (χ0v) is 12.3. The van der Waals surface area contributed by atoms with Gasteiger partial charge in [-0.05, 0) is 29.8 Å². The van der Waals surface area contributed by atoms with Crippen LogP contribution in [0.3, 0.4) is 0 Å². The first-order chi connectivity index (χ1) is 10.1. The van der Waals surface area contributed by atoms with E-state index >= 15 is 0 Å². The van der Waals surface area contributed by atoms with Gasteiger partial charge in [0.25, 0.3) is 5.69 Å². The van der Waals surface area contributed by atoms with Crippen molar-refractivity contribution in [1.29, 1.82) is 0 Å². The Hall–Kier alpha value is -2.11. The highest BCUT2D eigenvalue weighted by molar-refractivity contribution is 6.35. The first kappa shape index (κ1) is 15.3. The van der Waals surface area contributed by atoms with Crippen LogP contribution in [0.25, 0.3) is 0 Å². The molecule has 7 heteroatoms. The van der Waals surface area contributed by atoms with E-state index in [-0.39, 0.29) is 5.69 Å². The fraction of sp³-hybridized carbons (Fsp3) is 0.0714. The standard InChI is InChI=1S/C14H11Cl2N3O2/c15-13-2-1-3-14(16)12(13)9-18-17-8-10-4-6-11(7-5-10)19(20)21/h1-8,18H,9H2/b17-8-. The van der Waals surface area contributed by atoms with Crippen LogP contribution < -0.4 is 5.43 Å². The van der Waals surface area contributed by atoms with Gasteiger partial charge in [-0.15, -0.1) is 0 Å². The summed E-state index contributed by atoms with van der Waals surface area (Å²) in [4.78, 5) is 10.1. The Balaban J connectivity index is 1.95. The van der Waals surface area contributed by atoms with Gasteiger partial charge < -0.3 is 5.43 Å². The molecule has 0 fully saturated rings. The highest BCUT2D eigenvalue weighted by Gasteiger charge is 2.04. The van der Waals surface area contributed by atoms with E-state index in [1.54, 1.807) is 36.5 Å². The highest BCUT2D eigenvalue weighted by atomic mass is 35.5. The molecule has 0 aliphatic heterocycles. The van der Waals surface area contributed by atoms with Gasteiger partial charge in [-0.3, -0.25) is 10.1 Å². The average Bonchev–Trinajstić information content (AvgIpc) is 2.46. The van der Waals surface area contributed by atoms with Crippen LogP contribution in [0.1, 0.15) is 11.1 Å². The van der Waals surface area contributed by atoms with Gasteiger partial charge in [0.15, 0.2) is 0 Å². The lowest BCUT2D eigenvalue weighted by atomic mass is 10.2. The third-order valence-corrected chi connectivity index (χ3v) is 3.43. The van der Waals surface area contributed by atoms with Crippen LogP contribution in [0.2, 0.25) is 10.0 Å². The minimum Gasteiger partial charge on any atom is -0.306 e. The van der Waals surface area contributed by atoms with Crippen molar-refractivity contribution < 1.29 is 4.92 Å². The molecule has 0 aromatic heterocycles. The zero-order valence-electron chi connectivity index (χ0n) is 10.8. The van der Waals surface area contributed by atoms with Crippen molar-refractivity contribution in [3.63, 3.8) is 0 Å². The molecular formula is C14H11Cl2N3O2. The third-order valence-electron chi connectivity index (χ3n) is 2.73. The molecule has 0 radical (unpaired) electrons. The summed E-state index contributed by atoms with van der Waals surface area (Å²) in [5, 5.41) is 15.7. The molecule has 1 N–H and O–H groups in total. The van der Waals surface area contributed by atoms with Crippen molar-refractivity contribution in [2.75, 3.05) is 0 Å². The fourth-order valence-corrected chi connectivity index (χ4v) is 2.16. The summed E-state index contributed by atoms with van der Waals surface area (Å²) in [5.41, 5.74) is 4.39. The Bertz CT molecular complexity index is 652. The molecule has 0 bridgehead atoms. The van der Waals surface area contributed by atoms with Crippen molar-refractivity contribution in [2.45, 2.75) is 6.54 Å². The monoisotopic (exact) mass is 323 g/mol. The molecule has 2 rings (SSSR count). The molecule has 0 spiro atoms. The van der Waals surface area contributed by atoms with Crippen molar-refractivity contribution in [1.82, 2.24) is 5.43 Å². The van der Waals surface area contributed by atoms with Crippen LogP contribution in [0.15, 0.2) is 47.6 Å². The topological polar surface area (TPSA) is 67.5 Å². The van der Waals surface area contributed by atoms with Gasteiger partial charge in [0.2, 0.25) is 0 Å². The number of nitro groups is 1. The average molecular weight is 324 g/mol. The van der Waals surface area contributed by atoms with E-state index in [2.05, 4.69) is 10.5 Å². The van der Waals surface area contributed by atoms with Crippen LogP contribution in [0, 0.1) is 10.1 Å². The normalized spacial score (nSPS) is 10.8. The molecule has 0 heterocycles. The summed E-state index contributed by atoms with van der Waals surface area (Å²) < 4.78 is 0. The van der Waals surface area contributed by atoms with E-state index in [4.69, 9.17) is 23.2 Å². The number of benzene rings is 2. The second-order valence-corrected chi connectivity index (χ2v) is 4.96. The number of rotatable bonds is 5. The molecule has 21 heavy (non-hydrogen) atoms. The Labute approximate surface area is 131 Å². The number of hydrazone groups is 1. The van der Waals surface area contributed by atoms with Gasteiger partial charge in [-0.25, -0.2) is 0 Å². The molecule has 0 saturated heterocycles. The van der Waals surface area contributed by atoms with Crippen molar-refractivity contribution in [3.8, 4) is 0 Å². The van der Waals surface area contributed by atoms with E-state index in [1.165, 1.54) is 12.1 Å². The van der Waals surface area contributed by atoms with E-state index in [1.807, 2.05) is 0 Å². The molecule has 2 aromatic carbocycles. The maximum absolute atomic E-state index is 10.5. The molecule has 5 nitrogen and oxygen atoms in total. The Kier molecular flexibility index (Phi) is 5.14. The maximum Gasteiger partial charge on any atom is 0.269 e. The van der Waals surface area contributed by atoms with Crippen LogP contribution >= 0.6 is 23.2 Å². The van der Waals surface area contributed by atoms with Crippen molar-refractivity contribution in [3.05, 3.63) is 73.8 Å². The molecule has 0 saturated carbocycles. The van der Waals surface area contributed by atoms with Gasteiger partial charge in [0.05, 0.1) is 17.7 Å². The van der Waals surface area contributed by atoms with Gasteiger partial charge in [0, 0.05) is 27.7 Å². The summed E-state index contributed by atoms with van der Waals surface area (Å²) in [6.07, 6.45) is 1.56. The maximum atomic E-state index is 10.5. The lowest BCUT2D eigenvalue weighted by Crippen LogP contribution is -2.06. The third kappa shape index (κ3) is 4.18. The van der Waals surface area contributed by atoms with Crippen LogP contribution in [-0.4, -0.2) is 11.1 Å².